The maximum absolute atomic E-state index is 12.9. The number of furan rings is 1. The van der Waals surface area contributed by atoms with Gasteiger partial charge in [0.05, 0.1) is 19.1 Å². The van der Waals surface area contributed by atoms with Gasteiger partial charge in [0.1, 0.15) is 17.0 Å². The molecule has 0 spiro atoms. The third kappa shape index (κ3) is 3.73. The minimum atomic E-state index is -1.28. The van der Waals surface area contributed by atoms with Crippen LogP contribution in [0, 0.1) is 0 Å². The van der Waals surface area contributed by atoms with E-state index in [2.05, 4.69) is 10.4 Å². The maximum atomic E-state index is 12.9. The summed E-state index contributed by atoms with van der Waals surface area (Å²) in [5, 5.41) is 7.50. The molecule has 0 saturated carbocycles. The van der Waals surface area contributed by atoms with Crippen molar-refractivity contribution in [2.24, 2.45) is 0 Å². The molecule has 3 rings (SSSR count). The molecule has 1 aromatic carbocycles. The van der Waals surface area contributed by atoms with Crippen molar-refractivity contribution in [1.82, 2.24) is 9.78 Å². The molecule has 0 atom stereocenters. The van der Waals surface area contributed by atoms with Crippen LogP contribution in [-0.2, 0) is 10.3 Å². The highest BCUT2D eigenvalue weighted by atomic mass is 35.5. The smallest absolute Gasteiger partial charge is 0.267 e. The number of nitrogens with zero attached hydrogens (tertiary/aromatic N) is 2. The minimum Gasteiger partial charge on any atom is -0.495 e. The van der Waals surface area contributed by atoms with Crippen molar-refractivity contribution in [2.75, 3.05) is 12.4 Å². The highest BCUT2D eigenvalue weighted by molar-refractivity contribution is 6.31. The molecule has 140 valence electrons. The van der Waals surface area contributed by atoms with Gasteiger partial charge in [0.15, 0.2) is 5.76 Å². The zero-order valence-corrected chi connectivity index (χ0v) is 15.8. The number of aromatic nitrogens is 2. The molecule has 2 heterocycles. The van der Waals surface area contributed by atoms with Gasteiger partial charge in [-0.15, -0.1) is 0 Å². The lowest BCUT2D eigenvalue weighted by Crippen LogP contribution is -2.47. The Morgan fingerprint density at radius 3 is 2.70 bits per heavy atom. The minimum absolute atomic E-state index is 0.401. The zero-order chi connectivity index (χ0) is 19.6. The summed E-state index contributed by atoms with van der Waals surface area (Å²) in [5.41, 5.74) is -0.852. The summed E-state index contributed by atoms with van der Waals surface area (Å²) in [7, 11) is 1.49. The van der Waals surface area contributed by atoms with Crippen molar-refractivity contribution < 1.29 is 13.9 Å². The first kappa shape index (κ1) is 18.7. The molecule has 3 aromatic rings. The van der Waals surface area contributed by atoms with E-state index in [1.807, 2.05) is 0 Å². The van der Waals surface area contributed by atoms with Crippen LogP contribution in [0.15, 0.2) is 57.9 Å². The largest absolute Gasteiger partial charge is 0.495 e. The lowest BCUT2D eigenvalue weighted by Gasteiger charge is -2.25. The molecule has 0 unspecified atom stereocenters. The van der Waals surface area contributed by atoms with Crippen molar-refractivity contribution in [3.05, 3.63) is 64.1 Å². The molecule has 0 radical (unpaired) electrons. The molecule has 7 nitrogen and oxygen atoms in total. The summed E-state index contributed by atoms with van der Waals surface area (Å²) in [4.78, 5) is 25.3. The van der Waals surface area contributed by atoms with Crippen LogP contribution in [-0.4, -0.2) is 22.8 Å². The van der Waals surface area contributed by atoms with Crippen LogP contribution >= 0.6 is 11.6 Å². The summed E-state index contributed by atoms with van der Waals surface area (Å²) < 4.78 is 11.7. The number of benzene rings is 1. The SMILES string of the molecule is COc1ccc(Cl)cc1NC(=O)C(C)(C)n1nc(-c2ccco2)ccc1=O. The highest BCUT2D eigenvalue weighted by Crippen LogP contribution is 2.29. The van der Waals surface area contributed by atoms with Crippen molar-refractivity contribution in [3.8, 4) is 17.2 Å². The Labute approximate surface area is 160 Å². The number of ether oxygens (including phenoxy) is 1. The molecule has 0 aliphatic rings. The first-order valence-electron chi connectivity index (χ1n) is 8.12. The summed E-state index contributed by atoms with van der Waals surface area (Å²) in [6.45, 7) is 3.19. The average molecular weight is 388 g/mol. The Kier molecular flexibility index (Phi) is 5.05. The van der Waals surface area contributed by atoms with Crippen LogP contribution < -0.4 is 15.6 Å². The standard InChI is InChI=1S/C19H18ClN3O4/c1-19(2,18(25)21-14-11-12(20)6-8-15(14)26-3)23-17(24)9-7-13(22-23)16-5-4-10-27-16/h4-11H,1-3H3,(H,21,25). The molecule has 0 fully saturated rings. The Balaban J connectivity index is 1.96. The molecular weight excluding hydrogens is 370 g/mol. The van der Waals surface area contributed by atoms with Crippen LogP contribution in [0.2, 0.25) is 5.02 Å². The second-order valence-corrected chi connectivity index (χ2v) is 6.74. The van der Waals surface area contributed by atoms with Gasteiger partial charge in [-0.3, -0.25) is 9.59 Å². The predicted octanol–water partition coefficient (Wildman–Crippen LogP) is 3.54. The number of nitrogens with one attached hydrogen (secondary N) is 1. The number of carbonyl (C=O) groups excluding carboxylic acids is 1. The summed E-state index contributed by atoms with van der Waals surface area (Å²) in [5.74, 6) is 0.499. The number of rotatable bonds is 5. The lowest BCUT2D eigenvalue weighted by molar-refractivity contribution is -0.123. The summed E-state index contributed by atoms with van der Waals surface area (Å²) >= 11 is 6.01. The van der Waals surface area contributed by atoms with E-state index in [-0.39, 0.29) is 0 Å². The fourth-order valence-corrected chi connectivity index (χ4v) is 2.69. The number of hydrogen-bond acceptors (Lipinski definition) is 5. The monoisotopic (exact) mass is 387 g/mol. The molecule has 0 bridgehead atoms. The molecule has 0 saturated heterocycles. The van der Waals surface area contributed by atoms with E-state index in [0.29, 0.717) is 27.9 Å². The van der Waals surface area contributed by atoms with Gasteiger partial charge < -0.3 is 14.5 Å². The van der Waals surface area contributed by atoms with Crippen LogP contribution in [0.4, 0.5) is 5.69 Å². The molecular formula is C19H18ClN3O4. The summed E-state index contributed by atoms with van der Waals surface area (Å²) in [6, 6.07) is 11.2. The van der Waals surface area contributed by atoms with E-state index < -0.39 is 17.0 Å². The normalized spacial score (nSPS) is 11.3. The van der Waals surface area contributed by atoms with E-state index >= 15 is 0 Å². The Hall–Kier alpha value is -3.06. The van der Waals surface area contributed by atoms with Crippen molar-refractivity contribution >= 4 is 23.2 Å². The van der Waals surface area contributed by atoms with Gasteiger partial charge in [0.2, 0.25) is 0 Å². The molecule has 27 heavy (non-hydrogen) atoms. The quantitative estimate of drug-likeness (QED) is 0.723. The maximum Gasteiger partial charge on any atom is 0.267 e. The van der Waals surface area contributed by atoms with Crippen molar-refractivity contribution in [2.45, 2.75) is 19.4 Å². The number of halogens is 1. The van der Waals surface area contributed by atoms with Gasteiger partial charge in [-0.05, 0) is 50.2 Å². The Morgan fingerprint density at radius 1 is 1.26 bits per heavy atom. The predicted molar refractivity (Wildman–Crippen MR) is 102 cm³/mol. The van der Waals surface area contributed by atoms with E-state index in [1.54, 1.807) is 50.2 Å². The average Bonchev–Trinajstić information content (AvgIpc) is 3.16. The van der Waals surface area contributed by atoms with E-state index in [4.69, 9.17) is 20.8 Å². The summed E-state index contributed by atoms with van der Waals surface area (Å²) in [6.07, 6.45) is 1.51. The first-order valence-corrected chi connectivity index (χ1v) is 8.50. The fraction of sp³-hybridized carbons (Fsp3) is 0.211. The van der Waals surface area contributed by atoms with Crippen LogP contribution in [0.5, 0.6) is 5.75 Å². The van der Waals surface area contributed by atoms with E-state index in [1.165, 1.54) is 19.4 Å². The lowest BCUT2D eigenvalue weighted by atomic mass is 10.0. The van der Waals surface area contributed by atoms with Gasteiger partial charge in [-0.2, -0.15) is 5.10 Å². The number of hydrogen-bond donors (Lipinski definition) is 1. The number of anilines is 1. The number of amides is 1. The highest BCUT2D eigenvalue weighted by Gasteiger charge is 2.33. The van der Waals surface area contributed by atoms with Crippen molar-refractivity contribution in [3.63, 3.8) is 0 Å². The van der Waals surface area contributed by atoms with Gasteiger partial charge in [-0.25, -0.2) is 4.68 Å². The van der Waals surface area contributed by atoms with Crippen LogP contribution in [0.1, 0.15) is 13.8 Å². The van der Waals surface area contributed by atoms with Gasteiger partial charge in [0, 0.05) is 11.1 Å². The molecule has 8 heteroatoms. The Morgan fingerprint density at radius 2 is 2.04 bits per heavy atom. The topological polar surface area (TPSA) is 86.4 Å². The van der Waals surface area contributed by atoms with Crippen LogP contribution in [0.3, 0.4) is 0 Å². The molecule has 0 aliphatic heterocycles. The zero-order valence-electron chi connectivity index (χ0n) is 15.0. The molecule has 1 N–H and O–H groups in total. The molecule has 1 amide bonds. The van der Waals surface area contributed by atoms with Gasteiger partial charge in [-0.1, -0.05) is 11.6 Å². The van der Waals surface area contributed by atoms with Gasteiger partial charge in [0.25, 0.3) is 11.5 Å². The third-order valence-corrected chi connectivity index (χ3v) is 4.30. The van der Waals surface area contributed by atoms with Gasteiger partial charge >= 0.3 is 0 Å². The third-order valence-electron chi connectivity index (χ3n) is 4.07. The molecule has 2 aromatic heterocycles. The first-order chi connectivity index (χ1) is 12.8. The second kappa shape index (κ2) is 7.28. The second-order valence-electron chi connectivity index (χ2n) is 6.30. The van der Waals surface area contributed by atoms with E-state index in [9.17, 15) is 9.59 Å². The molecule has 0 aliphatic carbocycles. The number of methoxy groups -OCH3 is 1. The van der Waals surface area contributed by atoms with E-state index in [0.717, 1.165) is 4.68 Å². The van der Waals surface area contributed by atoms with Crippen LogP contribution in [0.25, 0.3) is 11.5 Å². The Bertz CT molecular complexity index is 1030. The fourth-order valence-electron chi connectivity index (χ4n) is 2.52. The van der Waals surface area contributed by atoms with Crippen molar-refractivity contribution in [1.29, 1.82) is 0 Å². The number of carbonyl (C=O) groups is 1.